The lowest BCUT2D eigenvalue weighted by Crippen LogP contribution is -2.23. The van der Waals surface area contributed by atoms with Crippen LogP contribution in [0.2, 0.25) is 0 Å². The Morgan fingerprint density at radius 2 is 1.54 bits per heavy atom. The van der Waals surface area contributed by atoms with Gasteiger partial charge >= 0.3 is 0 Å². The van der Waals surface area contributed by atoms with Gasteiger partial charge in [0.2, 0.25) is 0 Å². The van der Waals surface area contributed by atoms with E-state index in [2.05, 4.69) is 15.6 Å². The summed E-state index contributed by atoms with van der Waals surface area (Å²) in [6, 6.07) is 24.9. The molecule has 0 spiro atoms. The lowest BCUT2D eigenvalue weighted by Gasteiger charge is -2.05. The molecule has 9 heteroatoms. The van der Waals surface area contributed by atoms with Crippen molar-refractivity contribution in [3.8, 4) is 28.4 Å². The van der Waals surface area contributed by atoms with Gasteiger partial charge in [-0.05, 0) is 54.1 Å². The summed E-state index contributed by atoms with van der Waals surface area (Å²) >= 11 is 0. The molecule has 3 aromatic carbocycles. The Morgan fingerprint density at radius 1 is 0.865 bits per heavy atom. The molecule has 2 aromatic heterocycles. The summed E-state index contributed by atoms with van der Waals surface area (Å²) in [5.41, 5.74) is 4.43. The van der Waals surface area contributed by atoms with Crippen molar-refractivity contribution in [1.29, 1.82) is 0 Å². The minimum absolute atomic E-state index is 0.236. The average molecular weight is 495 g/mol. The Balaban J connectivity index is 1.33. The van der Waals surface area contributed by atoms with Gasteiger partial charge in [0.05, 0.1) is 44.8 Å². The Kier molecular flexibility index (Phi) is 6.93. The topological polar surface area (TPSA) is 96.1 Å². The number of nitrogens with zero attached hydrogens (tertiary/aromatic N) is 5. The van der Waals surface area contributed by atoms with Gasteiger partial charge < -0.3 is 14.8 Å². The van der Waals surface area contributed by atoms with E-state index >= 15 is 0 Å². The highest BCUT2D eigenvalue weighted by Gasteiger charge is 2.19. The van der Waals surface area contributed by atoms with Crippen molar-refractivity contribution in [3.63, 3.8) is 0 Å². The number of rotatable bonds is 9. The number of methoxy groups -OCH3 is 2. The van der Waals surface area contributed by atoms with Crippen LogP contribution in [-0.2, 0) is 13.1 Å². The number of benzene rings is 3. The third-order valence-corrected chi connectivity index (χ3v) is 5.86. The zero-order valence-corrected chi connectivity index (χ0v) is 20.5. The molecular formula is C28H26N6O3. The maximum Gasteiger partial charge on any atom is 0.255 e. The van der Waals surface area contributed by atoms with E-state index in [0.29, 0.717) is 23.5 Å². The molecule has 0 unspecified atom stereocenters. The molecule has 0 atom stereocenters. The van der Waals surface area contributed by atoms with E-state index in [1.54, 1.807) is 29.8 Å². The van der Waals surface area contributed by atoms with Gasteiger partial charge in [0.25, 0.3) is 5.91 Å². The van der Waals surface area contributed by atoms with Crippen molar-refractivity contribution in [2.75, 3.05) is 14.2 Å². The van der Waals surface area contributed by atoms with Crippen LogP contribution in [0.15, 0.2) is 91.3 Å². The van der Waals surface area contributed by atoms with Crippen LogP contribution in [0.5, 0.6) is 11.5 Å². The van der Waals surface area contributed by atoms with E-state index in [0.717, 1.165) is 28.3 Å². The summed E-state index contributed by atoms with van der Waals surface area (Å²) in [6.07, 6.45) is 3.56. The van der Waals surface area contributed by atoms with Crippen LogP contribution in [0.4, 0.5) is 0 Å². The Hall–Kier alpha value is -4.92. The second-order valence-electron chi connectivity index (χ2n) is 8.34. The number of hydrogen-bond donors (Lipinski definition) is 1. The molecule has 2 heterocycles. The SMILES string of the molecule is COc1ccc(Cn2cc(CNC(=O)c3cn(-c4ccccc4)nc3-c3ccc(OC)cc3)nn2)cc1. The zero-order chi connectivity index (χ0) is 25.6. The van der Waals surface area contributed by atoms with Crippen LogP contribution in [0.25, 0.3) is 16.9 Å². The Bertz CT molecular complexity index is 1470. The van der Waals surface area contributed by atoms with Gasteiger partial charge in [-0.1, -0.05) is 35.5 Å². The second-order valence-corrected chi connectivity index (χ2v) is 8.34. The summed E-state index contributed by atoms with van der Waals surface area (Å²) in [5.74, 6) is 1.28. The minimum atomic E-state index is -0.252. The Morgan fingerprint density at radius 3 is 2.22 bits per heavy atom. The van der Waals surface area contributed by atoms with Gasteiger partial charge in [-0.2, -0.15) is 5.10 Å². The summed E-state index contributed by atoms with van der Waals surface area (Å²) in [5, 5.41) is 16.1. The summed E-state index contributed by atoms with van der Waals surface area (Å²) in [7, 11) is 3.25. The normalized spacial score (nSPS) is 10.8. The molecule has 5 rings (SSSR count). The molecule has 5 aromatic rings. The molecule has 0 aliphatic rings. The highest BCUT2D eigenvalue weighted by atomic mass is 16.5. The van der Waals surface area contributed by atoms with E-state index in [1.807, 2.05) is 85.1 Å². The summed E-state index contributed by atoms with van der Waals surface area (Å²) in [6.45, 7) is 0.802. The van der Waals surface area contributed by atoms with E-state index in [9.17, 15) is 4.79 Å². The lowest BCUT2D eigenvalue weighted by atomic mass is 10.1. The van der Waals surface area contributed by atoms with E-state index < -0.39 is 0 Å². The van der Waals surface area contributed by atoms with Crippen LogP contribution < -0.4 is 14.8 Å². The van der Waals surface area contributed by atoms with Crippen LogP contribution in [0.3, 0.4) is 0 Å². The highest BCUT2D eigenvalue weighted by Crippen LogP contribution is 2.26. The van der Waals surface area contributed by atoms with Crippen LogP contribution in [0.1, 0.15) is 21.6 Å². The molecule has 1 N–H and O–H groups in total. The van der Waals surface area contributed by atoms with Gasteiger partial charge in [0, 0.05) is 11.8 Å². The van der Waals surface area contributed by atoms with E-state index in [-0.39, 0.29) is 12.5 Å². The number of ether oxygens (including phenoxy) is 2. The monoisotopic (exact) mass is 494 g/mol. The van der Waals surface area contributed by atoms with Crippen molar-refractivity contribution in [2.24, 2.45) is 0 Å². The largest absolute Gasteiger partial charge is 0.497 e. The first kappa shape index (κ1) is 23.8. The van der Waals surface area contributed by atoms with Gasteiger partial charge in [0.1, 0.15) is 22.9 Å². The molecule has 9 nitrogen and oxygen atoms in total. The predicted octanol–water partition coefficient (Wildman–Crippen LogP) is 4.13. The van der Waals surface area contributed by atoms with Gasteiger partial charge in [-0.15, -0.1) is 5.10 Å². The number of aromatic nitrogens is 5. The number of para-hydroxylation sites is 1. The first-order valence-electron chi connectivity index (χ1n) is 11.7. The summed E-state index contributed by atoms with van der Waals surface area (Å²) < 4.78 is 13.9. The average Bonchev–Trinajstić information content (AvgIpc) is 3.60. The van der Waals surface area contributed by atoms with Gasteiger partial charge in [0.15, 0.2) is 0 Å². The Labute approximate surface area is 214 Å². The number of hydrogen-bond acceptors (Lipinski definition) is 6. The fourth-order valence-electron chi connectivity index (χ4n) is 3.90. The standard InChI is InChI=1S/C28H26N6O3/c1-36-24-12-8-20(9-13-24)17-33-18-22(30-32-33)16-29-28(35)26-19-34(23-6-4-3-5-7-23)31-27(26)21-10-14-25(37-2)15-11-21/h3-15,18-19H,16-17H2,1-2H3,(H,29,35). The van der Waals surface area contributed by atoms with Crippen LogP contribution >= 0.6 is 0 Å². The first-order valence-corrected chi connectivity index (χ1v) is 11.7. The third-order valence-electron chi connectivity index (χ3n) is 5.86. The van der Waals surface area contributed by atoms with E-state index in [1.165, 1.54) is 0 Å². The number of carbonyl (C=O) groups excluding carboxylic acids is 1. The third kappa shape index (κ3) is 5.51. The van der Waals surface area contributed by atoms with Gasteiger partial charge in [-0.25, -0.2) is 9.36 Å². The molecule has 0 bridgehead atoms. The number of amides is 1. The molecule has 37 heavy (non-hydrogen) atoms. The number of carbonyl (C=O) groups is 1. The molecule has 0 aliphatic heterocycles. The molecule has 186 valence electrons. The first-order chi connectivity index (χ1) is 18.1. The second kappa shape index (κ2) is 10.8. The maximum absolute atomic E-state index is 13.3. The van der Waals surface area contributed by atoms with Crippen molar-refractivity contribution >= 4 is 5.91 Å². The van der Waals surface area contributed by atoms with Crippen LogP contribution in [0, 0.1) is 0 Å². The van der Waals surface area contributed by atoms with Crippen LogP contribution in [-0.4, -0.2) is 44.9 Å². The molecule has 0 fully saturated rings. The number of nitrogens with one attached hydrogen (secondary N) is 1. The highest BCUT2D eigenvalue weighted by molar-refractivity contribution is 5.99. The molecule has 0 radical (unpaired) electrons. The molecule has 0 saturated carbocycles. The maximum atomic E-state index is 13.3. The van der Waals surface area contributed by atoms with Crippen molar-refractivity contribution in [1.82, 2.24) is 30.1 Å². The lowest BCUT2D eigenvalue weighted by molar-refractivity contribution is 0.0951. The fourth-order valence-corrected chi connectivity index (χ4v) is 3.90. The smallest absolute Gasteiger partial charge is 0.255 e. The van der Waals surface area contributed by atoms with Crippen molar-refractivity contribution < 1.29 is 14.3 Å². The molecule has 0 aliphatic carbocycles. The van der Waals surface area contributed by atoms with Crippen molar-refractivity contribution in [2.45, 2.75) is 13.1 Å². The zero-order valence-electron chi connectivity index (χ0n) is 20.5. The minimum Gasteiger partial charge on any atom is -0.497 e. The predicted molar refractivity (Wildman–Crippen MR) is 139 cm³/mol. The molecule has 0 saturated heterocycles. The quantitative estimate of drug-likeness (QED) is 0.331. The summed E-state index contributed by atoms with van der Waals surface area (Å²) in [4.78, 5) is 13.3. The molecular weight excluding hydrogens is 468 g/mol. The van der Waals surface area contributed by atoms with Gasteiger partial charge in [-0.3, -0.25) is 4.79 Å². The fraction of sp³-hybridized carbons (Fsp3) is 0.143. The molecule has 1 amide bonds. The van der Waals surface area contributed by atoms with E-state index in [4.69, 9.17) is 14.6 Å². The van der Waals surface area contributed by atoms with Crippen molar-refractivity contribution in [3.05, 3.63) is 108 Å².